The Morgan fingerprint density at radius 3 is 0.938 bits per heavy atom. The van der Waals surface area contributed by atoms with Crippen molar-refractivity contribution >= 4 is 97.3 Å². The van der Waals surface area contributed by atoms with Gasteiger partial charge >= 0.3 is 0 Å². The largest absolute Gasteiger partial charge is 0.303 e. The minimum absolute atomic E-state index is 0. The SMILES string of the molecule is Cc1cc(C(C)(C)C)ccc1-c1ccccn1.Cc1cc[c-]c2c1ccc1c3ccccc3cnc21.Cc1ccccc1-c1ccccn1.Cc1ccccc1-c1ccccn1.[Ir].[Ir].[Ir].[c-]1ccc(-c2ccccc2)c2ccc3c4ccccc4cnc3c12.[c-]1ccc(-c2ccccc2)c2ccc3c4ccccc4cnc3c12. The average Bonchev–Trinajstić information content (AvgIpc) is 0.773. The van der Waals surface area contributed by atoms with Crippen LogP contribution in [0.5, 0.6) is 0 Å². The van der Waals surface area contributed by atoms with Crippen LogP contribution >= 0.6 is 0 Å². The van der Waals surface area contributed by atoms with Gasteiger partial charge in [0.25, 0.3) is 0 Å². The van der Waals surface area contributed by atoms with Crippen LogP contribution in [0.1, 0.15) is 48.6 Å². The molecule has 0 spiro atoms. The number of benzene rings is 14. The topological polar surface area (TPSA) is 77.3 Å². The number of aryl methyl sites for hydroxylation is 4. The Labute approximate surface area is 702 Å². The van der Waals surface area contributed by atoms with Crippen molar-refractivity contribution in [2.24, 2.45) is 0 Å². The summed E-state index contributed by atoms with van der Waals surface area (Å²) >= 11 is 0. The van der Waals surface area contributed by atoms with E-state index in [0.717, 1.165) is 49.8 Å². The molecule has 6 heterocycles. The number of fused-ring (bicyclic) bond motifs is 15. The maximum Gasteiger partial charge on any atom is 0.0704 e. The summed E-state index contributed by atoms with van der Waals surface area (Å²) < 4.78 is 0. The maximum atomic E-state index is 4.74. The molecule has 0 saturated carbocycles. The maximum absolute atomic E-state index is 4.74. The summed E-state index contributed by atoms with van der Waals surface area (Å²) in [4.78, 5) is 27.2. The van der Waals surface area contributed by atoms with Crippen LogP contribution in [0.2, 0.25) is 0 Å². The van der Waals surface area contributed by atoms with Crippen LogP contribution in [-0.2, 0) is 65.7 Å². The fraction of sp³-hybridized carbons (Fsp3) is 0.0769. The van der Waals surface area contributed by atoms with E-state index in [1.54, 1.807) is 0 Å². The van der Waals surface area contributed by atoms with Gasteiger partial charge in [-0.3, -0.25) is 15.0 Å². The summed E-state index contributed by atoms with van der Waals surface area (Å²) in [7, 11) is 0. The van der Waals surface area contributed by atoms with Gasteiger partial charge in [0.05, 0.1) is 17.1 Å². The fourth-order valence-corrected chi connectivity index (χ4v) is 14.4. The van der Waals surface area contributed by atoms with Gasteiger partial charge in [-0.15, -0.1) is 81.7 Å². The molecule has 3 radical (unpaired) electrons. The van der Waals surface area contributed by atoms with Crippen molar-refractivity contribution in [1.82, 2.24) is 29.9 Å². The molecule has 0 N–H and O–H groups in total. The van der Waals surface area contributed by atoms with Crippen LogP contribution < -0.4 is 0 Å². The summed E-state index contributed by atoms with van der Waals surface area (Å²) in [6.07, 6.45) is 11.4. The Hall–Kier alpha value is -11.7. The first kappa shape index (κ1) is 80.8. The molecular weight excluding hydrogens is 1910 g/mol. The van der Waals surface area contributed by atoms with Crippen molar-refractivity contribution in [3.63, 3.8) is 0 Å². The summed E-state index contributed by atoms with van der Waals surface area (Å²) in [5.41, 5.74) is 21.4. The Bertz CT molecular complexity index is 6350. The Kier molecular flexibility index (Phi) is 26.8. The third-order valence-corrected chi connectivity index (χ3v) is 20.2. The molecule has 0 aliphatic rings. The van der Waals surface area contributed by atoms with E-state index in [9.17, 15) is 0 Å². The Morgan fingerprint density at radius 2 is 0.566 bits per heavy atom. The van der Waals surface area contributed by atoms with Crippen molar-refractivity contribution in [3.05, 3.63) is 411 Å². The normalized spacial score (nSPS) is 10.8. The van der Waals surface area contributed by atoms with Gasteiger partial charge in [0, 0.05) is 114 Å². The quantitative estimate of drug-likeness (QED) is 0.126. The van der Waals surface area contributed by atoms with E-state index in [0.29, 0.717) is 0 Å². The minimum Gasteiger partial charge on any atom is -0.303 e. The first-order chi connectivity index (χ1) is 53.9. The van der Waals surface area contributed by atoms with E-state index >= 15 is 0 Å². The summed E-state index contributed by atoms with van der Waals surface area (Å²) in [6, 6.07) is 123. The van der Waals surface area contributed by atoms with Crippen molar-refractivity contribution in [2.45, 2.75) is 53.9 Å². The number of hydrogen-bond acceptors (Lipinski definition) is 6. The van der Waals surface area contributed by atoms with E-state index in [1.165, 1.54) is 131 Å². The minimum atomic E-state index is 0. The van der Waals surface area contributed by atoms with Gasteiger partial charge in [0.15, 0.2) is 0 Å². The third kappa shape index (κ3) is 18.3. The summed E-state index contributed by atoms with van der Waals surface area (Å²) in [6.45, 7) is 15.2. The van der Waals surface area contributed by atoms with Crippen molar-refractivity contribution < 1.29 is 60.3 Å². The molecule has 0 unspecified atom stereocenters. The number of rotatable bonds is 5. The monoisotopic (exact) mass is 1990 g/mol. The molecule has 0 aliphatic carbocycles. The first-order valence-corrected chi connectivity index (χ1v) is 37.3. The van der Waals surface area contributed by atoms with Crippen LogP contribution in [-0.4, -0.2) is 29.9 Å². The van der Waals surface area contributed by atoms with Gasteiger partial charge in [-0.1, -0.05) is 304 Å². The van der Waals surface area contributed by atoms with E-state index < -0.39 is 0 Å². The zero-order valence-electron chi connectivity index (χ0n) is 63.8. The van der Waals surface area contributed by atoms with Crippen LogP contribution in [0.3, 0.4) is 0 Å². The second kappa shape index (κ2) is 37.5. The molecule has 20 aromatic rings. The third-order valence-electron chi connectivity index (χ3n) is 20.2. The van der Waals surface area contributed by atoms with Gasteiger partial charge in [-0.25, -0.2) is 0 Å². The predicted octanol–water partition coefficient (Wildman–Crippen LogP) is 27.1. The van der Waals surface area contributed by atoms with Crippen LogP contribution in [0.15, 0.2) is 365 Å². The molecule has 6 aromatic heterocycles. The molecule has 14 aromatic carbocycles. The standard InChI is InChI=1S/2C23H14N.C18H12N.C16H19N.2C12H11N.3Ir/c2*1-2-7-16(8-3-1)18-11-6-12-21-20(18)13-14-22-19-10-5-4-9-17(19)15-24-23(21)22;1-12-5-4-8-16-14(12)9-10-17-15-7-3-2-6-13(15)11-19-18(16)17;1-12-11-13(16(2,3)4)8-9-14(12)15-7-5-6-10-17-15;2*1-10-6-2-3-7-11(10)12-8-4-5-9-13-12;;;/h2*1-11,13-15H;2-7,9-11H,1H3;5-11H,1-4H3;2*2-9H,1H3;;;/q3*-1;;;;;;. The molecule has 0 saturated heterocycles. The molecule has 6 nitrogen and oxygen atoms in total. The number of aromatic nitrogens is 6. The summed E-state index contributed by atoms with van der Waals surface area (Å²) in [5.74, 6) is 0. The van der Waals surface area contributed by atoms with Gasteiger partial charge in [-0.2, -0.15) is 0 Å². The average molecular weight is 1990 g/mol. The van der Waals surface area contributed by atoms with Crippen LogP contribution in [0.25, 0.3) is 153 Å². The molecule has 0 amide bonds. The Morgan fingerprint density at radius 1 is 0.239 bits per heavy atom. The van der Waals surface area contributed by atoms with Gasteiger partial charge < -0.3 is 15.0 Å². The molecular formula is C104H81Ir3N6-3. The predicted molar refractivity (Wildman–Crippen MR) is 464 cm³/mol. The molecule has 557 valence electrons. The fourth-order valence-electron chi connectivity index (χ4n) is 14.4. The molecule has 9 heteroatoms. The van der Waals surface area contributed by atoms with Crippen LogP contribution in [0.4, 0.5) is 0 Å². The molecule has 0 aliphatic heterocycles. The summed E-state index contributed by atoms with van der Waals surface area (Å²) in [5, 5.41) is 17.7. The molecule has 113 heavy (non-hydrogen) atoms. The van der Waals surface area contributed by atoms with Gasteiger partial charge in [0.1, 0.15) is 0 Å². The number of pyridine rings is 6. The van der Waals surface area contributed by atoms with Crippen molar-refractivity contribution in [2.75, 3.05) is 0 Å². The Balaban J connectivity index is 0.000000127. The molecule has 0 atom stereocenters. The van der Waals surface area contributed by atoms with Crippen molar-refractivity contribution in [3.8, 4) is 56.0 Å². The van der Waals surface area contributed by atoms with E-state index in [-0.39, 0.29) is 65.7 Å². The van der Waals surface area contributed by atoms with Gasteiger partial charge in [-0.05, 0) is 161 Å². The van der Waals surface area contributed by atoms with E-state index in [1.807, 2.05) is 146 Å². The molecule has 0 bridgehead atoms. The van der Waals surface area contributed by atoms with E-state index in [2.05, 4.69) is 305 Å². The zero-order valence-corrected chi connectivity index (χ0v) is 71.0. The second-order valence-electron chi connectivity index (χ2n) is 28.4. The molecule has 0 fully saturated rings. The number of hydrogen-bond donors (Lipinski definition) is 0. The zero-order chi connectivity index (χ0) is 75.3. The van der Waals surface area contributed by atoms with Gasteiger partial charge in [0.2, 0.25) is 0 Å². The smallest absolute Gasteiger partial charge is 0.0704 e. The number of nitrogens with zero attached hydrogens (tertiary/aromatic N) is 6. The second-order valence-corrected chi connectivity index (χ2v) is 28.4. The van der Waals surface area contributed by atoms with Crippen LogP contribution in [0, 0.1) is 45.9 Å². The van der Waals surface area contributed by atoms with Crippen molar-refractivity contribution in [1.29, 1.82) is 0 Å². The first-order valence-electron chi connectivity index (χ1n) is 37.3. The van der Waals surface area contributed by atoms with E-state index in [4.69, 9.17) is 9.97 Å². The molecule has 20 rings (SSSR count).